The fraction of sp³-hybridized carbons (Fsp3) is 0.353. The third-order valence-corrected chi connectivity index (χ3v) is 3.41. The Morgan fingerprint density at radius 3 is 2.33 bits per heavy atom. The molecule has 4 nitrogen and oxygen atoms in total. The smallest absolute Gasteiger partial charge is 0.317 e. The molecule has 4 heteroatoms. The second-order valence-electron chi connectivity index (χ2n) is 6.02. The second kappa shape index (κ2) is 6.14. The lowest BCUT2D eigenvalue weighted by Gasteiger charge is -2.40. The van der Waals surface area contributed by atoms with Crippen molar-refractivity contribution in [1.82, 2.24) is 4.90 Å². The Balaban J connectivity index is 2.49. The molecule has 21 heavy (non-hydrogen) atoms. The Labute approximate surface area is 125 Å². The molecule has 0 spiro atoms. The fourth-order valence-electron chi connectivity index (χ4n) is 2.44. The van der Waals surface area contributed by atoms with E-state index < -0.39 is 5.97 Å². The van der Waals surface area contributed by atoms with Gasteiger partial charge >= 0.3 is 5.97 Å². The zero-order valence-corrected chi connectivity index (χ0v) is 12.6. The highest BCUT2D eigenvalue weighted by Crippen LogP contribution is 2.33. The maximum absolute atomic E-state index is 11.3. The van der Waals surface area contributed by atoms with Gasteiger partial charge in [0.15, 0.2) is 0 Å². The molecule has 0 aliphatic heterocycles. The van der Waals surface area contributed by atoms with Crippen LogP contribution >= 0.6 is 0 Å². The van der Waals surface area contributed by atoms with Gasteiger partial charge in [-0.1, -0.05) is 30.3 Å². The lowest BCUT2D eigenvalue weighted by Crippen LogP contribution is -2.46. The zero-order chi connectivity index (χ0) is 15.5. The molecule has 0 saturated heterocycles. The number of carboxylic acids is 1. The van der Waals surface area contributed by atoms with Crippen molar-refractivity contribution in [3.63, 3.8) is 0 Å². The van der Waals surface area contributed by atoms with Gasteiger partial charge in [0, 0.05) is 5.54 Å². The maximum Gasteiger partial charge on any atom is 0.317 e. The average Bonchev–Trinajstić information content (AvgIpc) is 2.91. The van der Waals surface area contributed by atoms with Gasteiger partial charge < -0.3 is 9.52 Å². The number of carboxylic acid groups (broad SMARTS) is 1. The largest absolute Gasteiger partial charge is 0.480 e. The van der Waals surface area contributed by atoms with Crippen molar-refractivity contribution < 1.29 is 14.3 Å². The quantitative estimate of drug-likeness (QED) is 0.913. The summed E-state index contributed by atoms with van der Waals surface area (Å²) in [5.74, 6) is -0.102. The van der Waals surface area contributed by atoms with Gasteiger partial charge in [-0.05, 0) is 38.5 Å². The van der Waals surface area contributed by atoms with Crippen molar-refractivity contribution >= 4 is 5.97 Å². The Morgan fingerprint density at radius 1 is 1.19 bits per heavy atom. The van der Waals surface area contributed by atoms with Gasteiger partial charge in [-0.25, -0.2) is 0 Å². The van der Waals surface area contributed by atoms with E-state index in [-0.39, 0.29) is 18.1 Å². The summed E-state index contributed by atoms with van der Waals surface area (Å²) in [7, 11) is 0. The van der Waals surface area contributed by atoms with Crippen LogP contribution in [0.3, 0.4) is 0 Å². The summed E-state index contributed by atoms with van der Waals surface area (Å²) in [6.45, 7) is 5.97. The van der Waals surface area contributed by atoms with Crippen LogP contribution in [0.4, 0.5) is 0 Å². The molecule has 1 aromatic heterocycles. The first-order valence-electron chi connectivity index (χ1n) is 6.96. The van der Waals surface area contributed by atoms with Gasteiger partial charge in [-0.15, -0.1) is 0 Å². The van der Waals surface area contributed by atoms with Gasteiger partial charge in [0.05, 0.1) is 18.8 Å². The average molecular weight is 287 g/mol. The van der Waals surface area contributed by atoms with Crippen LogP contribution in [0.1, 0.15) is 38.1 Å². The van der Waals surface area contributed by atoms with Gasteiger partial charge in [-0.3, -0.25) is 9.69 Å². The Morgan fingerprint density at radius 2 is 1.86 bits per heavy atom. The van der Waals surface area contributed by atoms with Crippen molar-refractivity contribution in [3.05, 3.63) is 60.1 Å². The van der Waals surface area contributed by atoms with Crippen LogP contribution in [0, 0.1) is 0 Å². The van der Waals surface area contributed by atoms with Crippen LogP contribution in [0.15, 0.2) is 53.1 Å². The summed E-state index contributed by atoms with van der Waals surface area (Å²) in [5.41, 5.74) is 0.703. The van der Waals surface area contributed by atoms with E-state index in [2.05, 4.69) is 0 Å². The van der Waals surface area contributed by atoms with Crippen LogP contribution in [-0.4, -0.2) is 28.1 Å². The monoisotopic (exact) mass is 287 g/mol. The predicted octanol–water partition coefficient (Wildman–Crippen LogP) is 3.55. The van der Waals surface area contributed by atoms with E-state index in [0.717, 1.165) is 11.3 Å². The van der Waals surface area contributed by atoms with Crippen molar-refractivity contribution in [2.75, 3.05) is 6.54 Å². The van der Waals surface area contributed by atoms with Gasteiger partial charge in [-0.2, -0.15) is 0 Å². The molecule has 1 heterocycles. The molecular weight excluding hydrogens is 266 g/mol. The number of carbonyl (C=O) groups is 1. The van der Waals surface area contributed by atoms with Gasteiger partial charge in [0.2, 0.25) is 0 Å². The number of rotatable bonds is 5. The third-order valence-electron chi connectivity index (χ3n) is 3.41. The molecular formula is C17H21NO3. The first-order chi connectivity index (χ1) is 9.89. The third kappa shape index (κ3) is 3.73. The number of aliphatic carboxylic acids is 1. The summed E-state index contributed by atoms with van der Waals surface area (Å²) in [5, 5.41) is 9.27. The summed E-state index contributed by atoms with van der Waals surface area (Å²) in [6.07, 6.45) is 1.62. The predicted molar refractivity (Wildman–Crippen MR) is 81.1 cm³/mol. The molecule has 1 N–H and O–H groups in total. The van der Waals surface area contributed by atoms with Gasteiger partial charge in [0.25, 0.3) is 0 Å². The summed E-state index contributed by atoms with van der Waals surface area (Å²) < 4.78 is 5.57. The number of hydrogen-bond acceptors (Lipinski definition) is 3. The standard InChI is InChI=1S/C17H21NO3/c1-17(2,3)18(12-15(19)20)16(14-10-7-11-21-14)13-8-5-4-6-9-13/h4-11,16H,12H2,1-3H3,(H,19,20). The molecule has 2 rings (SSSR count). The fourth-order valence-corrected chi connectivity index (χ4v) is 2.44. The van der Waals surface area contributed by atoms with Crippen LogP contribution in [0.2, 0.25) is 0 Å². The van der Waals surface area contributed by atoms with Crippen LogP contribution < -0.4 is 0 Å². The first-order valence-corrected chi connectivity index (χ1v) is 6.96. The molecule has 0 aliphatic carbocycles. The summed E-state index contributed by atoms with van der Waals surface area (Å²) in [6, 6.07) is 13.3. The van der Waals surface area contributed by atoms with E-state index in [0.29, 0.717) is 0 Å². The number of hydrogen-bond donors (Lipinski definition) is 1. The molecule has 1 atom stereocenters. The molecule has 0 aliphatic rings. The Bertz CT molecular complexity index is 570. The topological polar surface area (TPSA) is 53.7 Å². The van der Waals surface area contributed by atoms with Crippen molar-refractivity contribution in [1.29, 1.82) is 0 Å². The molecule has 112 valence electrons. The lowest BCUT2D eigenvalue weighted by atomic mass is 9.96. The molecule has 2 aromatic rings. The van der Waals surface area contributed by atoms with E-state index in [1.807, 2.05) is 68.1 Å². The second-order valence-corrected chi connectivity index (χ2v) is 6.02. The highest BCUT2D eigenvalue weighted by atomic mass is 16.4. The number of nitrogens with zero attached hydrogens (tertiary/aromatic N) is 1. The zero-order valence-electron chi connectivity index (χ0n) is 12.6. The van der Waals surface area contributed by atoms with E-state index in [4.69, 9.17) is 4.42 Å². The van der Waals surface area contributed by atoms with Gasteiger partial charge in [0.1, 0.15) is 5.76 Å². The molecule has 1 unspecified atom stereocenters. The molecule has 0 saturated carbocycles. The Kier molecular flexibility index (Phi) is 4.48. The maximum atomic E-state index is 11.3. The van der Waals surface area contributed by atoms with Crippen molar-refractivity contribution in [3.8, 4) is 0 Å². The van der Waals surface area contributed by atoms with Crippen LogP contribution in [-0.2, 0) is 4.79 Å². The molecule has 1 aromatic carbocycles. The summed E-state index contributed by atoms with van der Waals surface area (Å²) >= 11 is 0. The molecule has 0 bridgehead atoms. The lowest BCUT2D eigenvalue weighted by molar-refractivity contribution is -0.140. The first kappa shape index (κ1) is 15.3. The van der Waals surface area contributed by atoms with E-state index in [1.165, 1.54) is 0 Å². The minimum atomic E-state index is -0.850. The SMILES string of the molecule is CC(C)(C)N(CC(=O)O)C(c1ccccc1)c1ccco1. The Hall–Kier alpha value is -2.07. The summed E-state index contributed by atoms with van der Waals surface area (Å²) in [4.78, 5) is 13.2. The normalized spacial score (nSPS) is 13.3. The van der Waals surface area contributed by atoms with Crippen molar-refractivity contribution in [2.45, 2.75) is 32.4 Å². The highest BCUT2D eigenvalue weighted by molar-refractivity contribution is 5.69. The minimum absolute atomic E-state index is 0.0518. The van der Waals surface area contributed by atoms with Crippen LogP contribution in [0.5, 0.6) is 0 Å². The molecule has 0 radical (unpaired) electrons. The number of benzene rings is 1. The van der Waals surface area contributed by atoms with E-state index >= 15 is 0 Å². The van der Waals surface area contributed by atoms with E-state index in [1.54, 1.807) is 6.26 Å². The van der Waals surface area contributed by atoms with Crippen LogP contribution in [0.25, 0.3) is 0 Å². The van der Waals surface area contributed by atoms with Crippen molar-refractivity contribution in [2.24, 2.45) is 0 Å². The minimum Gasteiger partial charge on any atom is -0.480 e. The van der Waals surface area contributed by atoms with E-state index in [9.17, 15) is 9.90 Å². The number of furan rings is 1. The molecule has 0 fully saturated rings. The highest BCUT2D eigenvalue weighted by Gasteiger charge is 2.34. The molecule has 0 amide bonds.